The highest BCUT2D eigenvalue weighted by Crippen LogP contribution is 2.40. The number of hydrazone groups is 1. The van der Waals surface area contributed by atoms with Gasteiger partial charge in [-0.1, -0.05) is 53.5 Å². The minimum Gasteiger partial charge on any atom is -0.454 e. The predicted molar refractivity (Wildman–Crippen MR) is 142 cm³/mol. The van der Waals surface area contributed by atoms with Crippen molar-refractivity contribution in [1.29, 1.82) is 0 Å². The van der Waals surface area contributed by atoms with Crippen LogP contribution in [0.5, 0.6) is 11.5 Å². The van der Waals surface area contributed by atoms with Gasteiger partial charge in [-0.05, 0) is 60.0 Å². The number of amides is 3. The van der Waals surface area contributed by atoms with Crippen LogP contribution in [0.4, 0.5) is 10.5 Å². The van der Waals surface area contributed by atoms with Crippen LogP contribution >= 0.6 is 34.8 Å². The van der Waals surface area contributed by atoms with Crippen molar-refractivity contribution in [2.75, 3.05) is 11.6 Å². The minimum absolute atomic E-state index is 0.0405. The molecule has 5 rings (SSSR count). The van der Waals surface area contributed by atoms with E-state index in [1.807, 2.05) is 35.2 Å². The second-order valence-electron chi connectivity index (χ2n) is 8.27. The molecule has 3 aromatic carbocycles. The van der Waals surface area contributed by atoms with Crippen LogP contribution in [-0.2, 0) is 13.0 Å². The van der Waals surface area contributed by atoms with Crippen molar-refractivity contribution in [2.24, 2.45) is 5.10 Å². The van der Waals surface area contributed by atoms with E-state index in [2.05, 4.69) is 17.0 Å². The standard InChI is InChI=1S/C26H19Cl3N4O3/c1-15-13-30-33(26(35)31-15)19-11-22(28)24(23(29)12-19)36-20-6-7-21-17(10-20)8-9-32(25(21)34)14-16-2-4-18(27)5-3-16/h2-7,10-13H,1,8-9,14H2,(H,31,35). The quantitative estimate of drug-likeness (QED) is 0.392. The molecule has 0 saturated carbocycles. The molecule has 2 aliphatic heterocycles. The normalized spacial score (nSPS) is 15.1. The van der Waals surface area contributed by atoms with Gasteiger partial charge in [0.25, 0.3) is 5.91 Å². The Kier molecular flexibility index (Phi) is 6.62. The Morgan fingerprint density at radius 2 is 1.72 bits per heavy atom. The number of carbonyl (C=O) groups excluding carboxylic acids is 2. The van der Waals surface area contributed by atoms with Gasteiger partial charge in [0.15, 0.2) is 5.75 Å². The number of ether oxygens (including phenoxy) is 1. The van der Waals surface area contributed by atoms with Crippen LogP contribution in [-0.4, -0.2) is 29.6 Å². The summed E-state index contributed by atoms with van der Waals surface area (Å²) in [7, 11) is 0. The van der Waals surface area contributed by atoms with Gasteiger partial charge in [-0.3, -0.25) is 4.79 Å². The molecule has 0 unspecified atom stereocenters. The smallest absolute Gasteiger partial charge is 0.347 e. The number of urea groups is 1. The first-order valence-electron chi connectivity index (χ1n) is 11.0. The summed E-state index contributed by atoms with van der Waals surface area (Å²) in [5.74, 6) is 0.690. The molecule has 36 heavy (non-hydrogen) atoms. The molecule has 182 valence electrons. The van der Waals surface area contributed by atoms with Gasteiger partial charge in [0.05, 0.1) is 27.6 Å². The molecule has 7 nitrogen and oxygen atoms in total. The molecule has 0 spiro atoms. The number of fused-ring (bicyclic) bond motifs is 1. The van der Waals surface area contributed by atoms with Crippen molar-refractivity contribution in [2.45, 2.75) is 13.0 Å². The lowest BCUT2D eigenvalue weighted by Gasteiger charge is -2.29. The summed E-state index contributed by atoms with van der Waals surface area (Å²) < 4.78 is 5.99. The van der Waals surface area contributed by atoms with Crippen molar-refractivity contribution >= 4 is 58.6 Å². The number of anilines is 1. The first kappa shape index (κ1) is 24.2. The highest BCUT2D eigenvalue weighted by molar-refractivity contribution is 6.37. The SMILES string of the molecule is C=C1C=NN(c2cc(Cl)c(Oc3ccc4c(c3)CCN(Cc3ccc(Cl)cc3)C4=O)c(Cl)c2)C(=O)N1. The first-order valence-corrected chi connectivity index (χ1v) is 12.1. The van der Waals surface area contributed by atoms with Crippen molar-refractivity contribution in [1.82, 2.24) is 10.2 Å². The Balaban J connectivity index is 1.33. The van der Waals surface area contributed by atoms with Gasteiger partial charge in [-0.25, -0.2) is 4.79 Å². The van der Waals surface area contributed by atoms with E-state index in [4.69, 9.17) is 39.5 Å². The topological polar surface area (TPSA) is 74.2 Å². The Morgan fingerprint density at radius 3 is 2.42 bits per heavy atom. The summed E-state index contributed by atoms with van der Waals surface area (Å²) in [4.78, 5) is 27.1. The molecule has 0 fully saturated rings. The number of benzene rings is 3. The fourth-order valence-corrected chi connectivity index (χ4v) is 4.69. The largest absolute Gasteiger partial charge is 0.454 e. The van der Waals surface area contributed by atoms with Gasteiger partial charge in [-0.15, -0.1) is 0 Å². The average Bonchev–Trinajstić information content (AvgIpc) is 2.84. The maximum atomic E-state index is 13.1. The van der Waals surface area contributed by atoms with Gasteiger partial charge in [0, 0.05) is 23.7 Å². The summed E-state index contributed by atoms with van der Waals surface area (Å²) in [5, 5.41) is 8.79. The third-order valence-electron chi connectivity index (χ3n) is 5.77. The van der Waals surface area contributed by atoms with Gasteiger partial charge in [0.1, 0.15) is 5.75 Å². The molecule has 3 amide bonds. The first-order chi connectivity index (χ1) is 17.3. The van der Waals surface area contributed by atoms with Crippen LogP contribution in [0.1, 0.15) is 21.5 Å². The second kappa shape index (κ2) is 9.85. The minimum atomic E-state index is -0.479. The van der Waals surface area contributed by atoms with E-state index in [0.717, 1.165) is 16.1 Å². The molecule has 0 aliphatic carbocycles. The number of carbonyl (C=O) groups is 2. The Bertz CT molecular complexity index is 1400. The molecule has 0 atom stereocenters. The highest BCUT2D eigenvalue weighted by Gasteiger charge is 2.26. The summed E-state index contributed by atoms with van der Waals surface area (Å²) in [6, 6.07) is 15.3. The van der Waals surface area contributed by atoms with Crippen molar-refractivity contribution in [3.05, 3.63) is 98.6 Å². The summed E-state index contributed by atoms with van der Waals surface area (Å²) in [5.41, 5.74) is 3.28. The lowest BCUT2D eigenvalue weighted by Crippen LogP contribution is -2.40. The van der Waals surface area contributed by atoms with Gasteiger partial charge < -0.3 is 15.0 Å². The number of nitrogens with zero attached hydrogens (tertiary/aromatic N) is 3. The lowest BCUT2D eigenvalue weighted by molar-refractivity contribution is 0.0727. The van der Waals surface area contributed by atoms with E-state index < -0.39 is 6.03 Å². The Labute approximate surface area is 222 Å². The zero-order valence-electron chi connectivity index (χ0n) is 18.8. The number of nitrogens with one attached hydrogen (secondary N) is 1. The van der Waals surface area contributed by atoms with Crippen LogP contribution in [0.25, 0.3) is 0 Å². The van der Waals surface area contributed by atoms with Crippen molar-refractivity contribution < 1.29 is 14.3 Å². The summed E-state index contributed by atoms with van der Waals surface area (Å²) >= 11 is 18.9. The molecule has 3 aromatic rings. The van der Waals surface area contributed by atoms with E-state index in [-0.39, 0.29) is 21.7 Å². The molecule has 0 radical (unpaired) electrons. The van der Waals surface area contributed by atoms with E-state index in [9.17, 15) is 9.59 Å². The van der Waals surface area contributed by atoms with Gasteiger partial charge in [-0.2, -0.15) is 10.1 Å². The van der Waals surface area contributed by atoms with Gasteiger partial charge >= 0.3 is 6.03 Å². The Morgan fingerprint density at radius 1 is 1.00 bits per heavy atom. The highest BCUT2D eigenvalue weighted by atomic mass is 35.5. The molecule has 2 heterocycles. The van der Waals surface area contributed by atoms with Crippen molar-refractivity contribution in [3.63, 3.8) is 0 Å². The number of hydrogen-bond acceptors (Lipinski definition) is 4. The molecule has 10 heteroatoms. The molecule has 1 N–H and O–H groups in total. The van der Waals surface area contributed by atoms with Crippen LogP contribution in [0, 0.1) is 0 Å². The lowest BCUT2D eigenvalue weighted by atomic mass is 9.98. The third-order valence-corrected chi connectivity index (χ3v) is 6.58. The van der Waals surface area contributed by atoms with Gasteiger partial charge in [0.2, 0.25) is 0 Å². The average molecular weight is 542 g/mol. The third kappa shape index (κ3) is 4.91. The van der Waals surface area contributed by atoms with Crippen LogP contribution < -0.4 is 15.1 Å². The second-order valence-corrected chi connectivity index (χ2v) is 9.53. The molecule has 0 aromatic heterocycles. The maximum absolute atomic E-state index is 13.1. The Hall–Kier alpha value is -3.52. The summed E-state index contributed by atoms with van der Waals surface area (Å²) in [6.07, 6.45) is 2.10. The molecule has 0 bridgehead atoms. The number of hydrogen-bond donors (Lipinski definition) is 1. The zero-order valence-corrected chi connectivity index (χ0v) is 21.1. The van der Waals surface area contributed by atoms with E-state index >= 15 is 0 Å². The van der Waals surface area contributed by atoms with E-state index in [1.165, 1.54) is 18.3 Å². The molecular weight excluding hydrogens is 523 g/mol. The van der Waals surface area contributed by atoms with Crippen LogP contribution in [0.3, 0.4) is 0 Å². The predicted octanol–water partition coefficient (Wildman–Crippen LogP) is 6.67. The maximum Gasteiger partial charge on any atom is 0.347 e. The fraction of sp³-hybridized carbons (Fsp3) is 0.115. The molecular formula is C26H19Cl3N4O3. The van der Waals surface area contributed by atoms with E-state index in [1.54, 1.807) is 12.1 Å². The van der Waals surface area contributed by atoms with Crippen LogP contribution in [0.2, 0.25) is 15.1 Å². The van der Waals surface area contributed by atoms with Crippen LogP contribution in [0.15, 0.2) is 72.0 Å². The monoisotopic (exact) mass is 540 g/mol. The number of allylic oxidation sites excluding steroid dienone is 1. The fourth-order valence-electron chi connectivity index (χ4n) is 4.01. The van der Waals surface area contributed by atoms with Crippen molar-refractivity contribution in [3.8, 4) is 11.5 Å². The molecule has 2 aliphatic rings. The summed E-state index contributed by atoms with van der Waals surface area (Å²) in [6.45, 7) is 4.74. The zero-order chi connectivity index (χ0) is 25.4. The number of halogens is 3. The number of rotatable bonds is 5. The van der Waals surface area contributed by atoms with E-state index in [0.29, 0.717) is 47.2 Å². The molecule has 0 saturated heterocycles.